The first-order chi connectivity index (χ1) is 24.1. The van der Waals surface area contributed by atoms with Gasteiger partial charge in [-0.2, -0.15) is 0 Å². The van der Waals surface area contributed by atoms with Gasteiger partial charge in [0.05, 0.1) is 5.69 Å². The van der Waals surface area contributed by atoms with E-state index in [9.17, 15) is 0 Å². The van der Waals surface area contributed by atoms with Crippen molar-refractivity contribution >= 4 is 27.8 Å². The van der Waals surface area contributed by atoms with Crippen LogP contribution in [0.25, 0.3) is 44.2 Å². The molecule has 0 amide bonds. The number of nitrogens with zero attached hydrogens (tertiary/aromatic N) is 1. The molecule has 242 valence electrons. The monoisotopic (exact) mass is 643 g/mol. The van der Waals surface area contributed by atoms with Gasteiger partial charge in [0.25, 0.3) is 0 Å². The second kappa shape index (κ2) is 9.86. The van der Waals surface area contributed by atoms with Crippen molar-refractivity contribution in [2.24, 2.45) is 0 Å². The Labute approximate surface area is 295 Å². The molecule has 3 aliphatic rings. The van der Waals surface area contributed by atoms with Gasteiger partial charge in [0.15, 0.2) is 0 Å². The van der Waals surface area contributed by atoms with Gasteiger partial charge in [-0.1, -0.05) is 151 Å². The number of benzene rings is 7. The van der Waals surface area contributed by atoms with Gasteiger partial charge in [-0.3, -0.25) is 0 Å². The van der Waals surface area contributed by atoms with E-state index in [1.807, 2.05) is 0 Å². The molecular weight excluding hydrogens is 603 g/mol. The summed E-state index contributed by atoms with van der Waals surface area (Å²) in [6.45, 7) is 14.3. The van der Waals surface area contributed by atoms with E-state index in [4.69, 9.17) is 0 Å². The molecule has 0 bridgehead atoms. The van der Waals surface area contributed by atoms with Crippen molar-refractivity contribution in [3.8, 4) is 33.4 Å². The molecule has 0 aliphatic heterocycles. The van der Waals surface area contributed by atoms with Crippen molar-refractivity contribution in [1.82, 2.24) is 0 Å². The van der Waals surface area contributed by atoms with Crippen LogP contribution < -0.4 is 4.90 Å². The fourth-order valence-corrected chi connectivity index (χ4v) is 9.91. The molecule has 0 saturated carbocycles. The van der Waals surface area contributed by atoms with Crippen LogP contribution in [-0.2, 0) is 16.2 Å². The van der Waals surface area contributed by atoms with Crippen molar-refractivity contribution in [3.05, 3.63) is 173 Å². The van der Waals surface area contributed by atoms with E-state index in [1.165, 1.54) is 94.6 Å². The number of hydrogen-bond acceptors (Lipinski definition) is 1. The van der Waals surface area contributed by atoms with E-state index in [0.717, 1.165) is 0 Å². The molecule has 7 aromatic carbocycles. The van der Waals surface area contributed by atoms with Gasteiger partial charge in [0, 0.05) is 33.0 Å². The minimum Gasteiger partial charge on any atom is -0.310 e. The van der Waals surface area contributed by atoms with E-state index in [-0.39, 0.29) is 16.2 Å². The van der Waals surface area contributed by atoms with Crippen LogP contribution >= 0.6 is 0 Å². The Bertz CT molecular complexity index is 2470. The lowest BCUT2D eigenvalue weighted by molar-refractivity contribution is 0.660. The normalized spacial score (nSPS) is 16.3. The highest BCUT2D eigenvalue weighted by molar-refractivity contribution is 6.07. The molecule has 0 heterocycles. The Morgan fingerprint density at radius 1 is 0.360 bits per heavy atom. The van der Waals surface area contributed by atoms with Crippen molar-refractivity contribution in [2.45, 2.75) is 57.8 Å². The predicted octanol–water partition coefficient (Wildman–Crippen LogP) is 13.2. The first-order valence-corrected chi connectivity index (χ1v) is 18.0. The average Bonchev–Trinajstić information content (AvgIpc) is 3.61. The fourth-order valence-electron chi connectivity index (χ4n) is 9.91. The van der Waals surface area contributed by atoms with Crippen LogP contribution in [0.1, 0.15) is 74.9 Å². The molecule has 1 nitrogen and oxygen atoms in total. The maximum Gasteiger partial charge on any atom is 0.0543 e. The molecule has 0 saturated heterocycles. The zero-order valence-corrected chi connectivity index (χ0v) is 29.7. The van der Waals surface area contributed by atoms with Gasteiger partial charge in [-0.15, -0.1) is 0 Å². The van der Waals surface area contributed by atoms with Gasteiger partial charge in [0.1, 0.15) is 0 Å². The second-order valence-corrected chi connectivity index (χ2v) is 16.2. The smallest absolute Gasteiger partial charge is 0.0543 e. The van der Waals surface area contributed by atoms with Crippen LogP contribution in [-0.4, -0.2) is 0 Å². The number of anilines is 3. The highest BCUT2D eigenvalue weighted by atomic mass is 15.1. The van der Waals surface area contributed by atoms with Crippen LogP contribution in [0.4, 0.5) is 17.1 Å². The minimum absolute atomic E-state index is 0.0984. The Kier molecular flexibility index (Phi) is 5.82. The summed E-state index contributed by atoms with van der Waals surface area (Å²) in [5.74, 6) is 0. The molecule has 3 aliphatic carbocycles. The molecule has 0 aromatic heterocycles. The lowest BCUT2D eigenvalue weighted by Gasteiger charge is -2.32. The third-order valence-corrected chi connectivity index (χ3v) is 12.4. The Morgan fingerprint density at radius 2 is 0.800 bits per heavy atom. The summed E-state index contributed by atoms with van der Waals surface area (Å²) >= 11 is 0. The van der Waals surface area contributed by atoms with Gasteiger partial charge >= 0.3 is 0 Å². The van der Waals surface area contributed by atoms with Gasteiger partial charge < -0.3 is 4.90 Å². The molecule has 0 spiro atoms. The SMILES string of the molecule is CC1(C)c2ccccc2-c2ccc(N(c3ccc4c(c3)C(C)(C)c3ccccc3-4)c3cccc4ccc5c(c34)C(C)(C)c3ccccc3-5)cc21. The summed E-state index contributed by atoms with van der Waals surface area (Å²) in [5.41, 5.74) is 19.7. The van der Waals surface area contributed by atoms with Gasteiger partial charge in [0.2, 0.25) is 0 Å². The first kappa shape index (κ1) is 29.5. The Balaban J connectivity index is 1.26. The standard InChI is InChI=1S/C49H41N/c1-47(2)39-18-10-7-15-33(39)36-26-23-31(28-42(36)47)50(32-24-27-37-34-16-8-11-19-40(34)48(3,4)43(37)29-32)44-21-13-14-30-22-25-38-35-17-9-12-20-41(35)49(5,6)46(38)45(30)44/h7-29H,1-6H3. The summed E-state index contributed by atoms with van der Waals surface area (Å²) in [6, 6.07) is 52.8. The van der Waals surface area contributed by atoms with Crippen LogP contribution in [0, 0.1) is 0 Å². The quantitative estimate of drug-likeness (QED) is 0.185. The van der Waals surface area contributed by atoms with Gasteiger partial charge in [-0.05, 0) is 102 Å². The fraction of sp³-hybridized carbons (Fsp3) is 0.184. The van der Waals surface area contributed by atoms with Crippen molar-refractivity contribution in [1.29, 1.82) is 0 Å². The number of rotatable bonds is 3. The highest BCUT2D eigenvalue weighted by Gasteiger charge is 2.40. The third-order valence-electron chi connectivity index (χ3n) is 12.4. The summed E-state index contributed by atoms with van der Waals surface area (Å²) in [4.78, 5) is 2.56. The zero-order valence-electron chi connectivity index (χ0n) is 29.7. The van der Waals surface area contributed by atoms with Crippen molar-refractivity contribution < 1.29 is 0 Å². The lowest BCUT2D eigenvalue weighted by atomic mass is 9.79. The van der Waals surface area contributed by atoms with E-state index in [1.54, 1.807) is 0 Å². The van der Waals surface area contributed by atoms with E-state index < -0.39 is 0 Å². The molecule has 50 heavy (non-hydrogen) atoms. The maximum absolute atomic E-state index is 2.56. The molecule has 10 rings (SSSR count). The molecule has 0 atom stereocenters. The number of hydrogen-bond donors (Lipinski definition) is 0. The van der Waals surface area contributed by atoms with Crippen LogP contribution in [0.15, 0.2) is 140 Å². The molecular formula is C49H41N. The van der Waals surface area contributed by atoms with Crippen molar-refractivity contribution in [3.63, 3.8) is 0 Å². The molecule has 7 aromatic rings. The van der Waals surface area contributed by atoms with E-state index >= 15 is 0 Å². The average molecular weight is 644 g/mol. The zero-order chi connectivity index (χ0) is 34.2. The maximum atomic E-state index is 2.56. The van der Waals surface area contributed by atoms with Gasteiger partial charge in [-0.25, -0.2) is 0 Å². The minimum atomic E-state index is -0.143. The lowest BCUT2D eigenvalue weighted by Crippen LogP contribution is -2.19. The summed E-state index contributed by atoms with van der Waals surface area (Å²) in [5, 5.41) is 2.60. The Morgan fingerprint density at radius 3 is 1.34 bits per heavy atom. The van der Waals surface area contributed by atoms with Crippen LogP contribution in [0.3, 0.4) is 0 Å². The summed E-state index contributed by atoms with van der Waals surface area (Å²) < 4.78 is 0. The Hall–Kier alpha value is -5.40. The third kappa shape index (κ3) is 3.73. The molecule has 0 unspecified atom stereocenters. The first-order valence-electron chi connectivity index (χ1n) is 18.0. The molecule has 0 fully saturated rings. The molecule has 0 N–H and O–H groups in total. The predicted molar refractivity (Wildman–Crippen MR) is 211 cm³/mol. The van der Waals surface area contributed by atoms with Crippen LogP contribution in [0.5, 0.6) is 0 Å². The molecule has 0 radical (unpaired) electrons. The van der Waals surface area contributed by atoms with E-state index in [2.05, 4.69) is 186 Å². The topological polar surface area (TPSA) is 3.24 Å². The summed E-state index contributed by atoms with van der Waals surface area (Å²) in [7, 11) is 0. The van der Waals surface area contributed by atoms with Crippen molar-refractivity contribution in [2.75, 3.05) is 4.90 Å². The molecule has 1 heteroatoms. The largest absolute Gasteiger partial charge is 0.310 e. The van der Waals surface area contributed by atoms with Crippen LogP contribution in [0.2, 0.25) is 0 Å². The highest BCUT2D eigenvalue weighted by Crippen LogP contribution is 2.56. The summed E-state index contributed by atoms with van der Waals surface area (Å²) in [6.07, 6.45) is 0. The number of fused-ring (bicyclic) bond motifs is 11. The second-order valence-electron chi connectivity index (χ2n) is 16.2. The van der Waals surface area contributed by atoms with E-state index in [0.29, 0.717) is 0 Å².